The van der Waals surface area contributed by atoms with E-state index in [2.05, 4.69) is 34.4 Å². The van der Waals surface area contributed by atoms with Gasteiger partial charge >= 0.3 is 5.97 Å². The molecule has 0 radical (unpaired) electrons. The topological polar surface area (TPSA) is 95.1 Å². The molecule has 0 aliphatic carbocycles. The lowest BCUT2D eigenvalue weighted by Crippen LogP contribution is -2.42. The van der Waals surface area contributed by atoms with Crippen LogP contribution in [0.2, 0.25) is 0 Å². The summed E-state index contributed by atoms with van der Waals surface area (Å²) in [5, 5.41) is 11.9. The lowest BCUT2D eigenvalue weighted by molar-refractivity contribution is -0.141. The van der Waals surface area contributed by atoms with Crippen LogP contribution in [-0.2, 0) is 16.0 Å². The Labute approximate surface area is 182 Å². The molecule has 30 heavy (non-hydrogen) atoms. The minimum absolute atomic E-state index is 0.195. The Kier molecular flexibility index (Phi) is 15.3. The fourth-order valence-electron chi connectivity index (χ4n) is 3.44. The van der Waals surface area contributed by atoms with Gasteiger partial charge in [-0.15, -0.1) is 0 Å². The summed E-state index contributed by atoms with van der Waals surface area (Å²) in [4.78, 5) is 30.1. The third-order valence-electron chi connectivity index (χ3n) is 5.28. The van der Waals surface area contributed by atoms with Crippen molar-refractivity contribution in [3.8, 4) is 0 Å². The smallest absolute Gasteiger partial charge is 0.326 e. The first-order chi connectivity index (χ1) is 14.6. The fraction of sp³-hybridized carbons (Fsp3) is 0.708. The van der Waals surface area contributed by atoms with Crippen molar-refractivity contribution in [3.05, 3.63) is 30.4 Å². The van der Waals surface area contributed by atoms with Crippen LogP contribution in [0.1, 0.15) is 103 Å². The van der Waals surface area contributed by atoms with Crippen LogP contribution in [0.15, 0.2) is 24.7 Å². The third kappa shape index (κ3) is 14.0. The number of aromatic amines is 1. The Morgan fingerprint density at radius 2 is 1.60 bits per heavy atom. The highest BCUT2D eigenvalue weighted by Crippen LogP contribution is 2.10. The molecule has 0 fully saturated rings. The van der Waals surface area contributed by atoms with Crippen LogP contribution in [-0.4, -0.2) is 33.0 Å². The van der Waals surface area contributed by atoms with Gasteiger partial charge in [-0.2, -0.15) is 0 Å². The maximum absolute atomic E-state index is 12.0. The van der Waals surface area contributed by atoms with E-state index in [9.17, 15) is 14.7 Å². The van der Waals surface area contributed by atoms with Gasteiger partial charge in [0.2, 0.25) is 5.91 Å². The van der Waals surface area contributed by atoms with Gasteiger partial charge < -0.3 is 15.4 Å². The standard InChI is InChI=1S/C24H41N3O3/c1-2-3-4-5-6-7-8-9-10-11-12-13-14-15-16-17-23(28)27-22(24(29)30)18-21-19-25-20-26-21/h9-10,19-20,22H,2-8,11-18H2,1H3,(H,25,26)(H,27,28)(H,29,30)/t22-/m0/s1. The van der Waals surface area contributed by atoms with Crippen LogP contribution in [0.5, 0.6) is 0 Å². The number of H-pyrrole nitrogens is 1. The monoisotopic (exact) mass is 419 g/mol. The summed E-state index contributed by atoms with van der Waals surface area (Å²) in [6.45, 7) is 2.25. The number of unbranched alkanes of at least 4 members (excludes halogenated alkanes) is 11. The normalized spacial score (nSPS) is 12.3. The number of carbonyl (C=O) groups excluding carboxylic acids is 1. The molecule has 1 amide bonds. The fourth-order valence-corrected chi connectivity index (χ4v) is 3.44. The lowest BCUT2D eigenvalue weighted by Gasteiger charge is -2.13. The predicted octanol–water partition coefficient (Wildman–Crippen LogP) is 5.56. The summed E-state index contributed by atoms with van der Waals surface area (Å²) in [5.41, 5.74) is 0.698. The van der Waals surface area contributed by atoms with Gasteiger partial charge in [-0.1, -0.05) is 70.4 Å². The Morgan fingerprint density at radius 3 is 2.17 bits per heavy atom. The maximum Gasteiger partial charge on any atom is 0.326 e. The second kappa shape index (κ2) is 17.7. The Hall–Kier alpha value is -2.11. The number of nitrogens with zero attached hydrogens (tertiary/aromatic N) is 1. The first-order valence-electron chi connectivity index (χ1n) is 11.8. The number of allylic oxidation sites excluding steroid dienone is 2. The summed E-state index contributed by atoms with van der Waals surface area (Å²) < 4.78 is 0. The molecule has 1 atom stereocenters. The second-order valence-corrected chi connectivity index (χ2v) is 8.07. The van der Waals surface area contributed by atoms with Gasteiger partial charge in [0, 0.05) is 24.7 Å². The summed E-state index contributed by atoms with van der Waals surface area (Å²) in [6.07, 6.45) is 24.1. The number of nitrogens with one attached hydrogen (secondary N) is 2. The molecule has 0 spiro atoms. The molecule has 0 aliphatic rings. The molecular formula is C24H41N3O3. The van der Waals surface area contributed by atoms with Crippen LogP contribution < -0.4 is 5.32 Å². The summed E-state index contributed by atoms with van der Waals surface area (Å²) in [5.74, 6) is -1.22. The van der Waals surface area contributed by atoms with Crippen molar-refractivity contribution in [1.82, 2.24) is 15.3 Å². The highest BCUT2D eigenvalue weighted by atomic mass is 16.4. The number of carboxylic acid groups (broad SMARTS) is 1. The minimum atomic E-state index is -1.03. The summed E-state index contributed by atoms with van der Waals surface area (Å²) in [7, 11) is 0. The van der Waals surface area contributed by atoms with Crippen LogP contribution in [0.25, 0.3) is 0 Å². The van der Waals surface area contributed by atoms with Gasteiger partial charge in [0.25, 0.3) is 0 Å². The highest BCUT2D eigenvalue weighted by molar-refractivity contribution is 5.83. The number of carbonyl (C=O) groups is 2. The third-order valence-corrected chi connectivity index (χ3v) is 5.28. The molecule has 6 nitrogen and oxygen atoms in total. The predicted molar refractivity (Wildman–Crippen MR) is 121 cm³/mol. The quantitative estimate of drug-likeness (QED) is 0.202. The van der Waals surface area contributed by atoms with E-state index in [-0.39, 0.29) is 12.3 Å². The molecule has 0 unspecified atom stereocenters. The first kappa shape index (κ1) is 25.9. The van der Waals surface area contributed by atoms with Gasteiger partial charge in [0.05, 0.1) is 6.33 Å². The van der Waals surface area contributed by atoms with Gasteiger partial charge in [0.1, 0.15) is 6.04 Å². The zero-order valence-electron chi connectivity index (χ0n) is 18.7. The second-order valence-electron chi connectivity index (χ2n) is 8.07. The van der Waals surface area contributed by atoms with Gasteiger partial charge in [-0.3, -0.25) is 4.79 Å². The highest BCUT2D eigenvalue weighted by Gasteiger charge is 2.20. The van der Waals surface area contributed by atoms with Crippen molar-refractivity contribution < 1.29 is 14.7 Å². The van der Waals surface area contributed by atoms with Crippen LogP contribution in [0, 0.1) is 0 Å². The molecule has 1 aromatic rings. The van der Waals surface area contributed by atoms with Crippen molar-refractivity contribution in [2.45, 2.75) is 109 Å². The number of hydrogen-bond acceptors (Lipinski definition) is 3. The van der Waals surface area contributed by atoms with Crippen LogP contribution >= 0.6 is 0 Å². The van der Waals surface area contributed by atoms with Crippen molar-refractivity contribution in [1.29, 1.82) is 0 Å². The number of hydrogen-bond donors (Lipinski definition) is 3. The van der Waals surface area contributed by atoms with E-state index in [0.29, 0.717) is 12.1 Å². The molecule has 6 heteroatoms. The molecule has 1 heterocycles. The maximum atomic E-state index is 12.0. The number of aromatic nitrogens is 2. The van der Waals surface area contributed by atoms with E-state index in [1.165, 1.54) is 64.1 Å². The molecule has 1 rings (SSSR count). The average molecular weight is 420 g/mol. The van der Waals surface area contributed by atoms with Crippen molar-refractivity contribution >= 4 is 11.9 Å². The number of amides is 1. The molecule has 0 saturated carbocycles. The number of rotatable bonds is 19. The zero-order chi connectivity index (χ0) is 21.9. The first-order valence-corrected chi connectivity index (χ1v) is 11.8. The average Bonchev–Trinajstić information content (AvgIpc) is 3.23. The minimum Gasteiger partial charge on any atom is -0.480 e. The molecule has 0 bridgehead atoms. The SMILES string of the molecule is CCCCCCCCC=CCCCCCCCC(=O)N[C@@H](Cc1cnc[nH]1)C(=O)O. The molecular weight excluding hydrogens is 378 g/mol. The summed E-state index contributed by atoms with van der Waals surface area (Å²) in [6, 6.07) is -0.916. The van der Waals surface area contributed by atoms with E-state index < -0.39 is 12.0 Å². The molecule has 0 aromatic carbocycles. The molecule has 0 saturated heterocycles. The lowest BCUT2D eigenvalue weighted by atomic mass is 10.1. The van der Waals surface area contributed by atoms with E-state index in [1.807, 2.05) is 0 Å². The largest absolute Gasteiger partial charge is 0.480 e. The molecule has 1 aromatic heterocycles. The van der Waals surface area contributed by atoms with Crippen LogP contribution in [0.4, 0.5) is 0 Å². The Bertz CT molecular complexity index is 585. The van der Waals surface area contributed by atoms with E-state index >= 15 is 0 Å². The van der Waals surface area contributed by atoms with E-state index in [1.54, 1.807) is 6.20 Å². The van der Waals surface area contributed by atoms with E-state index in [4.69, 9.17) is 0 Å². The molecule has 170 valence electrons. The summed E-state index contributed by atoms with van der Waals surface area (Å²) >= 11 is 0. The van der Waals surface area contributed by atoms with Crippen molar-refractivity contribution in [3.63, 3.8) is 0 Å². The Morgan fingerprint density at radius 1 is 1.00 bits per heavy atom. The van der Waals surface area contributed by atoms with Crippen molar-refractivity contribution in [2.75, 3.05) is 0 Å². The van der Waals surface area contributed by atoms with Crippen LogP contribution in [0.3, 0.4) is 0 Å². The number of carboxylic acids is 1. The molecule has 3 N–H and O–H groups in total. The van der Waals surface area contributed by atoms with Crippen molar-refractivity contribution in [2.24, 2.45) is 0 Å². The van der Waals surface area contributed by atoms with Gasteiger partial charge in [-0.25, -0.2) is 9.78 Å². The number of aliphatic carboxylic acids is 1. The zero-order valence-corrected chi connectivity index (χ0v) is 18.7. The number of imidazole rings is 1. The van der Waals surface area contributed by atoms with Gasteiger partial charge in [-0.05, 0) is 32.1 Å². The van der Waals surface area contributed by atoms with Gasteiger partial charge in [0.15, 0.2) is 0 Å². The van der Waals surface area contributed by atoms with E-state index in [0.717, 1.165) is 25.7 Å². The Balaban J connectivity index is 1.96. The molecule has 0 aliphatic heterocycles.